The minimum atomic E-state index is 0. The smallest absolute Gasteiger partial charge is 0.128 e. The first-order valence-corrected chi connectivity index (χ1v) is 8.29. The highest BCUT2D eigenvalue weighted by molar-refractivity contribution is 6.00. The Labute approximate surface area is 141 Å². The number of halogens is 1. The molecular formula is C18H29ClN2O. The average Bonchev–Trinajstić information content (AvgIpc) is 2.54. The lowest BCUT2D eigenvalue weighted by Crippen LogP contribution is -2.27. The molecule has 4 heteroatoms. The van der Waals surface area contributed by atoms with Crippen LogP contribution in [-0.4, -0.2) is 26.0 Å². The summed E-state index contributed by atoms with van der Waals surface area (Å²) < 4.78 is 5.55. The van der Waals surface area contributed by atoms with Crippen LogP contribution < -0.4 is 10.1 Å². The molecule has 2 rings (SSSR count). The number of benzene rings is 1. The Bertz CT molecular complexity index is 500. The third-order valence-corrected chi connectivity index (χ3v) is 4.00. The second-order valence-electron chi connectivity index (χ2n) is 5.64. The fraction of sp³-hybridized carbons (Fsp3) is 0.611. The van der Waals surface area contributed by atoms with Gasteiger partial charge in [0.15, 0.2) is 0 Å². The van der Waals surface area contributed by atoms with Gasteiger partial charge < -0.3 is 10.1 Å². The Kier molecular flexibility index (Phi) is 8.32. The molecule has 3 nitrogen and oxygen atoms in total. The summed E-state index contributed by atoms with van der Waals surface area (Å²) in [5, 5.41) is 3.52. The largest absolute Gasteiger partial charge is 0.496 e. The summed E-state index contributed by atoms with van der Waals surface area (Å²) in [7, 11) is 1.77. The van der Waals surface area contributed by atoms with Gasteiger partial charge in [-0.15, -0.1) is 12.4 Å². The van der Waals surface area contributed by atoms with Crippen LogP contribution >= 0.6 is 12.4 Å². The van der Waals surface area contributed by atoms with Crippen LogP contribution in [0.15, 0.2) is 17.1 Å². The van der Waals surface area contributed by atoms with Crippen molar-refractivity contribution in [3.05, 3.63) is 28.8 Å². The van der Waals surface area contributed by atoms with E-state index in [-0.39, 0.29) is 12.4 Å². The van der Waals surface area contributed by atoms with Crippen molar-refractivity contribution < 1.29 is 4.74 Å². The first kappa shape index (κ1) is 18.8. The summed E-state index contributed by atoms with van der Waals surface area (Å²) in [6.45, 7) is 6.22. The highest BCUT2D eigenvalue weighted by Crippen LogP contribution is 2.32. The van der Waals surface area contributed by atoms with Gasteiger partial charge in [0.2, 0.25) is 0 Å². The van der Waals surface area contributed by atoms with E-state index in [2.05, 4.69) is 31.3 Å². The van der Waals surface area contributed by atoms with E-state index in [0.717, 1.165) is 50.4 Å². The molecular weight excluding hydrogens is 296 g/mol. The number of methoxy groups -OCH3 is 1. The minimum absolute atomic E-state index is 0. The van der Waals surface area contributed by atoms with Crippen LogP contribution in [0.5, 0.6) is 5.75 Å². The number of rotatable bonds is 6. The normalized spacial score (nSPS) is 14.0. The maximum atomic E-state index is 5.55. The van der Waals surface area contributed by atoms with E-state index in [0.29, 0.717) is 0 Å². The summed E-state index contributed by atoms with van der Waals surface area (Å²) in [4.78, 5) is 4.78. The Balaban J connectivity index is 0.00000242. The second kappa shape index (κ2) is 9.73. The molecule has 0 saturated carbocycles. The lowest BCUT2D eigenvalue weighted by Gasteiger charge is -2.23. The lowest BCUT2D eigenvalue weighted by atomic mass is 9.87. The predicted octanol–water partition coefficient (Wildman–Crippen LogP) is 4.15. The number of fused-ring (bicyclic) bond motifs is 1. The van der Waals surface area contributed by atoms with E-state index in [1.165, 1.54) is 29.5 Å². The van der Waals surface area contributed by atoms with Crippen LogP contribution in [-0.2, 0) is 12.8 Å². The van der Waals surface area contributed by atoms with Crippen molar-refractivity contribution in [1.82, 2.24) is 5.32 Å². The predicted molar refractivity (Wildman–Crippen MR) is 96.9 cm³/mol. The molecule has 1 aliphatic carbocycles. The number of aliphatic imine (C=N–C) groups is 1. The van der Waals surface area contributed by atoms with E-state index in [9.17, 15) is 0 Å². The van der Waals surface area contributed by atoms with Crippen LogP contribution in [0.2, 0.25) is 0 Å². The Morgan fingerprint density at radius 1 is 1.14 bits per heavy atom. The molecule has 0 radical (unpaired) electrons. The van der Waals surface area contributed by atoms with Crippen LogP contribution in [0.25, 0.3) is 0 Å². The van der Waals surface area contributed by atoms with E-state index in [4.69, 9.17) is 9.73 Å². The zero-order valence-corrected chi connectivity index (χ0v) is 14.9. The van der Waals surface area contributed by atoms with Gasteiger partial charge in [-0.2, -0.15) is 0 Å². The van der Waals surface area contributed by atoms with Crippen molar-refractivity contribution >= 4 is 18.2 Å². The van der Waals surface area contributed by atoms with Crippen molar-refractivity contribution in [3.63, 3.8) is 0 Å². The van der Waals surface area contributed by atoms with Crippen LogP contribution in [0.3, 0.4) is 0 Å². The molecule has 0 bridgehead atoms. The Morgan fingerprint density at radius 2 is 1.86 bits per heavy atom. The van der Waals surface area contributed by atoms with Gasteiger partial charge >= 0.3 is 0 Å². The van der Waals surface area contributed by atoms with Gasteiger partial charge in [-0.05, 0) is 61.8 Å². The van der Waals surface area contributed by atoms with Crippen molar-refractivity contribution in [2.24, 2.45) is 4.99 Å². The van der Waals surface area contributed by atoms with Gasteiger partial charge in [-0.1, -0.05) is 13.8 Å². The molecule has 0 saturated heterocycles. The number of ether oxygens (including phenoxy) is 1. The van der Waals surface area contributed by atoms with Crippen molar-refractivity contribution in [1.29, 1.82) is 0 Å². The van der Waals surface area contributed by atoms with Crippen molar-refractivity contribution in [3.8, 4) is 5.75 Å². The standard InChI is InChI=1S/C18H28N2O.ClH/c1-4-12-19-18(20-13-5-2)16-10-11-17(21-3)15-9-7-6-8-14(15)16;/h10-11H,4-9,12-13H2,1-3H3,(H,19,20);1H. The van der Waals surface area contributed by atoms with E-state index < -0.39 is 0 Å². The SMILES string of the molecule is CCCN=C(NCCC)c1ccc(OC)c2c1CCCC2.Cl. The fourth-order valence-electron chi connectivity index (χ4n) is 2.95. The fourth-order valence-corrected chi connectivity index (χ4v) is 2.95. The Hall–Kier alpha value is -1.22. The summed E-state index contributed by atoms with van der Waals surface area (Å²) in [5.74, 6) is 2.11. The van der Waals surface area contributed by atoms with Gasteiger partial charge in [-0.3, -0.25) is 4.99 Å². The number of nitrogens with zero attached hydrogens (tertiary/aromatic N) is 1. The van der Waals surface area contributed by atoms with E-state index in [1.54, 1.807) is 7.11 Å². The topological polar surface area (TPSA) is 33.6 Å². The van der Waals surface area contributed by atoms with E-state index >= 15 is 0 Å². The number of amidine groups is 1. The van der Waals surface area contributed by atoms with Gasteiger partial charge in [0.05, 0.1) is 7.11 Å². The molecule has 0 amide bonds. The van der Waals surface area contributed by atoms with Crippen molar-refractivity contribution in [2.45, 2.75) is 52.4 Å². The summed E-state index contributed by atoms with van der Waals surface area (Å²) in [6.07, 6.45) is 6.99. The minimum Gasteiger partial charge on any atom is -0.496 e. The zero-order valence-electron chi connectivity index (χ0n) is 14.1. The van der Waals surface area contributed by atoms with Crippen LogP contribution in [0, 0.1) is 0 Å². The maximum absolute atomic E-state index is 5.55. The summed E-state index contributed by atoms with van der Waals surface area (Å²) in [6, 6.07) is 4.29. The zero-order chi connectivity index (χ0) is 15.1. The molecule has 124 valence electrons. The molecule has 0 atom stereocenters. The third-order valence-electron chi connectivity index (χ3n) is 4.00. The number of hydrogen-bond donors (Lipinski definition) is 1. The summed E-state index contributed by atoms with van der Waals surface area (Å²) >= 11 is 0. The van der Waals surface area contributed by atoms with Gasteiger partial charge in [0, 0.05) is 18.7 Å². The highest BCUT2D eigenvalue weighted by atomic mass is 35.5. The molecule has 0 fully saturated rings. The van der Waals surface area contributed by atoms with E-state index in [1.807, 2.05) is 0 Å². The molecule has 0 spiro atoms. The quantitative estimate of drug-likeness (QED) is 0.630. The first-order valence-electron chi connectivity index (χ1n) is 8.29. The maximum Gasteiger partial charge on any atom is 0.128 e. The summed E-state index contributed by atoms with van der Waals surface area (Å²) in [5.41, 5.74) is 4.12. The molecule has 1 aliphatic rings. The highest BCUT2D eigenvalue weighted by Gasteiger charge is 2.19. The molecule has 1 aromatic carbocycles. The Morgan fingerprint density at radius 3 is 2.50 bits per heavy atom. The molecule has 0 aromatic heterocycles. The van der Waals surface area contributed by atoms with Gasteiger partial charge in [-0.25, -0.2) is 0 Å². The second-order valence-corrected chi connectivity index (χ2v) is 5.64. The number of nitrogens with one attached hydrogen (secondary N) is 1. The molecule has 0 aliphatic heterocycles. The molecule has 1 N–H and O–H groups in total. The van der Waals surface area contributed by atoms with Gasteiger partial charge in [0.1, 0.15) is 11.6 Å². The van der Waals surface area contributed by atoms with Crippen LogP contribution in [0.4, 0.5) is 0 Å². The third kappa shape index (κ3) is 4.39. The van der Waals surface area contributed by atoms with Crippen LogP contribution in [0.1, 0.15) is 56.2 Å². The molecule has 0 unspecified atom stereocenters. The molecule has 22 heavy (non-hydrogen) atoms. The molecule has 1 aromatic rings. The van der Waals surface area contributed by atoms with Gasteiger partial charge in [0.25, 0.3) is 0 Å². The number of hydrogen-bond acceptors (Lipinski definition) is 2. The molecule has 0 heterocycles. The van der Waals surface area contributed by atoms with Crippen molar-refractivity contribution in [2.75, 3.05) is 20.2 Å². The monoisotopic (exact) mass is 324 g/mol. The lowest BCUT2D eigenvalue weighted by molar-refractivity contribution is 0.406. The first-order chi connectivity index (χ1) is 10.3. The average molecular weight is 325 g/mol.